The lowest BCUT2D eigenvalue weighted by Crippen LogP contribution is -2.22. The van der Waals surface area contributed by atoms with Crippen LogP contribution in [0.15, 0.2) is 6.07 Å². The summed E-state index contributed by atoms with van der Waals surface area (Å²) in [5, 5.41) is 1.04. The van der Waals surface area contributed by atoms with Crippen LogP contribution in [0.1, 0.15) is 0 Å². The molecule has 8 heteroatoms. The molecule has 0 bridgehead atoms. The number of hydrogen-bond donors (Lipinski definition) is 1. The van der Waals surface area contributed by atoms with Gasteiger partial charge in [-0.1, -0.05) is 0 Å². The van der Waals surface area contributed by atoms with Gasteiger partial charge in [0, 0.05) is 6.07 Å². The number of carbonyl (C=O) groups excluding carboxylic acids is 1. The van der Waals surface area contributed by atoms with Crippen molar-refractivity contribution in [3.05, 3.63) is 29.3 Å². The van der Waals surface area contributed by atoms with E-state index in [2.05, 4.69) is 0 Å². The number of halogens is 6. The van der Waals surface area contributed by atoms with E-state index in [9.17, 15) is 31.1 Å². The largest absolute Gasteiger partial charge is 0.316 e. The maximum atomic E-state index is 12.8. The molecule has 0 aliphatic heterocycles. The van der Waals surface area contributed by atoms with Gasteiger partial charge < -0.3 is 5.32 Å². The Bertz CT molecular complexity index is 407. The second kappa shape index (κ2) is 4.42. The first-order valence-electron chi connectivity index (χ1n) is 3.76. The second-order valence-electron chi connectivity index (χ2n) is 2.63. The van der Waals surface area contributed by atoms with E-state index in [-0.39, 0.29) is 6.07 Å². The minimum absolute atomic E-state index is 0.108. The average Bonchev–Trinajstić information content (AvgIpc) is 2.21. The molecule has 0 fully saturated rings. The van der Waals surface area contributed by atoms with Crippen molar-refractivity contribution in [3.8, 4) is 0 Å². The van der Waals surface area contributed by atoms with Crippen LogP contribution in [-0.4, -0.2) is 12.3 Å². The SMILES string of the molecule is O=C(Nc1c(F)c(F)cc(F)c1F)C(F)F. The van der Waals surface area contributed by atoms with E-state index in [0.29, 0.717) is 0 Å². The summed E-state index contributed by atoms with van der Waals surface area (Å²) in [4.78, 5) is 10.4. The Hall–Kier alpha value is -1.73. The first kappa shape index (κ1) is 12.3. The lowest BCUT2D eigenvalue weighted by Gasteiger charge is -2.07. The van der Waals surface area contributed by atoms with Crippen molar-refractivity contribution in [2.45, 2.75) is 6.43 Å². The van der Waals surface area contributed by atoms with Crippen molar-refractivity contribution < 1.29 is 31.1 Å². The van der Waals surface area contributed by atoms with Gasteiger partial charge in [0.2, 0.25) is 0 Å². The van der Waals surface area contributed by atoms with Gasteiger partial charge in [-0.3, -0.25) is 4.79 Å². The molecule has 0 aliphatic rings. The molecule has 88 valence electrons. The van der Waals surface area contributed by atoms with Crippen molar-refractivity contribution in [2.75, 3.05) is 5.32 Å². The van der Waals surface area contributed by atoms with E-state index >= 15 is 0 Å². The van der Waals surface area contributed by atoms with Gasteiger partial charge >= 0.3 is 6.43 Å². The van der Waals surface area contributed by atoms with Crippen LogP contribution < -0.4 is 5.32 Å². The van der Waals surface area contributed by atoms with Crippen LogP contribution in [0.5, 0.6) is 0 Å². The standard InChI is InChI=1S/C8H3F6NO/c9-2-1-3(10)5(12)6(4(2)11)15-8(16)7(13)14/h1,7H,(H,15,16). The summed E-state index contributed by atoms with van der Waals surface area (Å²) in [6.07, 6.45) is -3.56. The molecular weight excluding hydrogens is 240 g/mol. The number of carbonyl (C=O) groups is 1. The molecule has 0 heterocycles. The van der Waals surface area contributed by atoms with E-state index < -0.39 is 41.3 Å². The van der Waals surface area contributed by atoms with Crippen LogP contribution in [0.4, 0.5) is 32.0 Å². The number of amides is 1. The lowest BCUT2D eigenvalue weighted by molar-refractivity contribution is -0.126. The molecule has 2 nitrogen and oxygen atoms in total. The topological polar surface area (TPSA) is 29.1 Å². The summed E-state index contributed by atoms with van der Waals surface area (Å²) in [6, 6.07) is -0.108. The van der Waals surface area contributed by atoms with Crippen LogP contribution in [0.2, 0.25) is 0 Å². The first-order valence-corrected chi connectivity index (χ1v) is 3.76. The number of alkyl halides is 2. The fourth-order valence-electron chi connectivity index (χ4n) is 0.861. The maximum Gasteiger partial charge on any atom is 0.315 e. The van der Waals surface area contributed by atoms with Gasteiger partial charge in [0.25, 0.3) is 5.91 Å². The predicted molar refractivity (Wildman–Crippen MR) is 40.9 cm³/mol. The quantitative estimate of drug-likeness (QED) is 0.627. The number of hydrogen-bond acceptors (Lipinski definition) is 1. The highest BCUT2D eigenvalue weighted by atomic mass is 19.3. The molecular formula is C8H3F6NO. The third-order valence-corrected chi connectivity index (χ3v) is 1.56. The van der Waals surface area contributed by atoms with Gasteiger partial charge in [0.1, 0.15) is 5.69 Å². The molecule has 0 spiro atoms. The highest BCUT2D eigenvalue weighted by Crippen LogP contribution is 2.24. The second-order valence-corrected chi connectivity index (χ2v) is 2.63. The van der Waals surface area contributed by atoms with Crippen LogP contribution in [0, 0.1) is 23.3 Å². The Morgan fingerprint density at radius 3 is 1.88 bits per heavy atom. The summed E-state index contributed by atoms with van der Waals surface area (Å²) < 4.78 is 74.2. The van der Waals surface area contributed by atoms with Gasteiger partial charge in [-0.15, -0.1) is 0 Å². The monoisotopic (exact) mass is 243 g/mol. The Labute approximate surface area is 84.9 Å². The smallest absolute Gasteiger partial charge is 0.315 e. The zero-order valence-electron chi connectivity index (χ0n) is 7.33. The van der Waals surface area contributed by atoms with Crippen molar-refractivity contribution in [1.29, 1.82) is 0 Å². The molecule has 0 atom stereocenters. The summed E-state index contributed by atoms with van der Waals surface area (Å²) in [7, 11) is 0. The Morgan fingerprint density at radius 1 is 1.06 bits per heavy atom. The normalized spacial score (nSPS) is 10.7. The molecule has 1 amide bonds. The highest BCUT2D eigenvalue weighted by Gasteiger charge is 2.24. The molecule has 1 aromatic carbocycles. The van der Waals surface area contributed by atoms with E-state index in [1.807, 2.05) is 0 Å². The van der Waals surface area contributed by atoms with Crippen LogP contribution in [-0.2, 0) is 4.79 Å². The van der Waals surface area contributed by atoms with Gasteiger partial charge in [0.05, 0.1) is 0 Å². The molecule has 16 heavy (non-hydrogen) atoms. The highest BCUT2D eigenvalue weighted by molar-refractivity contribution is 5.93. The van der Waals surface area contributed by atoms with E-state index in [1.165, 1.54) is 0 Å². The van der Waals surface area contributed by atoms with E-state index in [1.54, 1.807) is 0 Å². The molecule has 1 N–H and O–H groups in total. The van der Waals surface area contributed by atoms with E-state index in [0.717, 1.165) is 5.32 Å². The molecule has 0 saturated heterocycles. The Kier molecular flexibility index (Phi) is 3.41. The molecule has 1 aromatic rings. The third kappa shape index (κ3) is 2.26. The number of benzene rings is 1. The Balaban J connectivity index is 3.18. The zero-order valence-corrected chi connectivity index (χ0v) is 7.33. The van der Waals surface area contributed by atoms with Crippen LogP contribution >= 0.6 is 0 Å². The predicted octanol–water partition coefficient (Wildman–Crippen LogP) is 2.45. The maximum absolute atomic E-state index is 12.8. The summed E-state index contributed by atoms with van der Waals surface area (Å²) in [5.74, 6) is -9.57. The first-order chi connectivity index (χ1) is 7.34. The van der Waals surface area contributed by atoms with Gasteiger partial charge in [-0.25, -0.2) is 17.6 Å². The fraction of sp³-hybridized carbons (Fsp3) is 0.125. The van der Waals surface area contributed by atoms with Crippen molar-refractivity contribution >= 4 is 11.6 Å². The van der Waals surface area contributed by atoms with Crippen LogP contribution in [0.25, 0.3) is 0 Å². The van der Waals surface area contributed by atoms with Crippen molar-refractivity contribution in [3.63, 3.8) is 0 Å². The molecule has 0 unspecified atom stereocenters. The summed E-state index contributed by atoms with van der Waals surface area (Å²) >= 11 is 0. The number of nitrogens with one attached hydrogen (secondary N) is 1. The minimum atomic E-state index is -3.56. The zero-order chi connectivity index (χ0) is 12.5. The third-order valence-electron chi connectivity index (χ3n) is 1.56. The molecule has 0 radical (unpaired) electrons. The Morgan fingerprint density at radius 2 is 1.50 bits per heavy atom. The van der Waals surface area contributed by atoms with Gasteiger partial charge in [0.15, 0.2) is 23.3 Å². The van der Waals surface area contributed by atoms with Crippen molar-refractivity contribution in [2.24, 2.45) is 0 Å². The lowest BCUT2D eigenvalue weighted by atomic mass is 10.2. The number of anilines is 1. The average molecular weight is 243 g/mol. The molecule has 0 saturated carbocycles. The molecule has 1 rings (SSSR count). The molecule has 0 aromatic heterocycles. The van der Waals surface area contributed by atoms with Crippen molar-refractivity contribution in [1.82, 2.24) is 0 Å². The van der Waals surface area contributed by atoms with Crippen LogP contribution in [0.3, 0.4) is 0 Å². The minimum Gasteiger partial charge on any atom is -0.316 e. The van der Waals surface area contributed by atoms with E-state index in [4.69, 9.17) is 0 Å². The number of rotatable bonds is 2. The summed E-state index contributed by atoms with van der Waals surface area (Å²) in [6.45, 7) is 0. The summed E-state index contributed by atoms with van der Waals surface area (Å²) in [5.41, 5.74) is -1.58. The molecule has 0 aliphatic carbocycles. The van der Waals surface area contributed by atoms with Gasteiger partial charge in [-0.05, 0) is 0 Å². The van der Waals surface area contributed by atoms with Gasteiger partial charge in [-0.2, -0.15) is 8.78 Å². The fourth-order valence-corrected chi connectivity index (χ4v) is 0.861.